The fraction of sp³-hybridized carbons (Fsp3) is 0.333. The van der Waals surface area contributed by atoms with Crippen molar-refractivity contribution in [1.29, 1.82) is 0 Å². The van der Waals surface area contributed by atoms with Gasteiger partial charge in [0.1, 0.15) is 11.5 Å². The van der Waals surface area contributed by atoms with Crippen LogP contribution in [-0.2, 0) is 22.7 Å². The average Bonchev–Trinajstić information content (AvgIpc) is 2.98. The average molecular weight is 512 g/mol. The lowest BCUT2D eigenvalue weighted by Crippen LogP contribution is -2.40. The van der Waals surface area contributed by atoms with Crippen LogP contribution < -0.4 is 14.8 Å². The molecule has 0 spiro atoms. The molecule has 1 heterocycles. The number of hydrogen-bond donors (Lipinski definition) is 1. The van der Waals surface area contributed by atoms with Gasteiger partial charge in [0.2, 0.25) is 0 Å². The molecule has 0 amide bonds. The highest BCUT2D eigenvalue weighted by Gasteiger charge is 2.27. The maximum atomic E-state index is 6.45. The molecule has 1 aliphatic rings. The van der Waals surface area contributed by atoms with Crippen LogP contribution in [0.15, 0.2) is 91.0 Å². The smallest absolute Gasteiger partial charge is 0.119 e. The van der Waals surface area contributed by atoms with E-state index in [1.54, 1.807) is 7.11 Å². The Kier molecular flexibility index (Phi) is 9.27. The van der Waals surface area contributed by atoms with Crippen LogP contribution in [0.4, 0.5) is 0 Å². The zero-order valence-electron chi connectivity index (χ0n) is 22.1. The van der Waals surface area contributed by atoms with Gasteiger partial charge < -0.3 is 24.3 Å². The van der Waals surface area contributed by atoms with E-state index in [2.05, 4.69) is 72.0 Å². The Hall–Kier alpha value is -3.38. The lowest BCUT2D eigenvalue weighted by molar-refractivity contribution is 0.0106. The van der Waals surface area contributed by atoms with E-state index in [-0.39, 0.29) is 6.10 Å². The van der Waals surface area contributed by atoms with Gasteiger partial charge in [-0.3, -0.25) is 0 Å². The molecule has 0 aromatic heterocycles. The second kappa shape index (κ2) is 13.4. The molecule has 0 bridgehead atoms. The molecule has 198 valence electrons. The van der Waals surface area contributed by atoms with Crippen molar-refractivity contribution in [2.75, 3.05) is 33.4 Å². The first-order valence-corrected chi connectivity index (χ1v) is 13.5. The molecule has 5 nitrogen and oxygen atoms in total. The van der Waals surface area contributed by atoms with Crippen LogP contribution in [-0.4, -0.2) is 39.5 Å². The largest absolute Gasteiger partial charge is 0.497 e. The maximum absolute atomic E-state index is 6.45. The fourth-order valence-electron chi connectivity index (χ4n) is 4.99. The van der Waals surface area contributed by atoms with Crippen molar-refractivity contribution < 1.29 is 18.9 Å². The monoisotopic (exact) mass is 511 g/mol. The molecule has 5 rings (SSSR count). The third-order valence-electron chi connectivity index (χ3n) is 7.14. The van der Waals surface area contributed by atoms with Crippen molar-refractivity contribution >= 4 is 10.8 Å². The quantitative estimate of drug-likeness (QED) is 0.220. The number of benzene rings is 4. The summed E-state index contributed by atoms with van der Waals surface area (Å²) >= 11 is 0. The minimum Gasteiger partial charge on any atom is -0.497 e. The molecule has 38 heavy (non-hydrogen) atoms. The second-order valence-electron chi connectivity index (χ2n) is 9.80. The molecule has 1 fully saturated rings. The molecule has 1 saturated heterocycles. The van der Waals surface area contributed by atoms with Crippen molar-refractivity contribution in [2.24, 2.45) is 0 Å². The van der Waals surface area contributed by atoms with Gasteiger partial charge in [-0.05, 0) is 70.8 Å². The zero-order valence-corrected chi connectivity index (χ0v) is 22.1. The number of hydrogen-bond acceptors (Lipinski definition) is 5. The van der Waals surface area contributed by atoms with Crippen LogP contribution in [0.2, 0.25) is 0 Å². The number of ether oxygens (including phenoxy) is 4. The molecular weight excluding hydrogens is 474 g/mol. The van der Waals surface area contributed by atoms with E-state index in [1.165, 1.54) is 21.9 Å². The van der Waals surface area contributed by atoms with Crippen molar-refractivity contribution in [3.05, 3.63) is 108 Å². The van der Waals surface area contributed by atoms with Crippen LogP contribution in [0, 0.1) is 0 Å². The third-order valence-corrected chi connectivity index (χ3v) is 7.14. The highest BCUT2D eigenvalue weighted by atomic mass is 16.5. The molecule has 5 heteroatoms. The van der Waals surface area contributed by atoms with Crippen LogP contribution in [0.3, 0.4) is 0 Å². The number of fused-ring (bicyclic) bond motifs is 1. The molecule has 4 aromatic carbocycles. The van der Waals surface area contributed by atoms with E-state index in [1.807, 2.05) is 24.3 Å². The molecule has 4 aromatic rings. The third kappa shape index (κ3) is 7.13. The van der Waals surface area contributed by atoms with Crippen molar-refractivity contribution in [1.82, 2.24) is 5.32 Å². The first kappa shape index (κ1) is 26.2. The Balaban J connectivity index is 1.06. The van der Waals surface area contributed by atoms with Gasteiger partial charge in [-0.25, -0.2) is 0 Å². The lowest BCUT2D eigenvalue weighted by atomic mass is 9.87. The predicted molar refractivity (Wildman–Crippen MR) is 152 cm³/mol. The number of rotatable bonds is 12. The molecular formula is C33H37NO4. The minimum absolute atomic E-state index is 0.143. The summed E-state index contributed by atoms with van der Waals surface area (Å²) in [5.74, 6) is 2.13. The van der Waals surface area contributed by atoms with Crippen molar-refractivity contribution in [2.45, 2.75) is 38.1 Å². The zero-order chi connectivity index (χ0) is 26.0. The lowest BCUT2D eigenvalue weighted by Gasteiger charge is -2.32. The van der Waals surface area contributed by atoms with Gasteiger partial charge in [0.15, 0.2) is 0 Å². The Labute approximate surface area is 225 Å². The topological polar surface area (TPSA) is 49.0 Å². The molecule has 1 N–H and O–H groups in total. The Morgan fingerprint density at radius 2 is 1.53 bits per heavy atom. The Morgan fingerprint density at radius 3 is 2.34 bits per heavy atom. The van der Waals surface area contributed by atoms with Gasteiger partial charge in [-0.2, -0.15) is 0 Å². The standard InChI is InChI=1S/C33H37NO4/c1-35-30-13-8-25(9-14-30)23-36-19-4-20-37-31-15-11-28(12-16-31)32-17-18-34-22-33(32)38-24-26-7-10-27-5-2-3-6-29(27)21-26/h2-3,5-16,21,32-34H,4,17-20,22-24H2,1H3. The maximum Gasteiger partial charge on any atom is 0.119 e. The van der Waals surface area contributed by atoms with Crippen molar-refractivity contribution in [3.63, 3.8) is 0 Å². The molecule has 2 atom stereocenters. The van der Waals surface area contributed by atoms with Crippen molar-refractivity contribution in [3.8, 4) is 11.5 Å². The van der Waals surface area contributed by atoms with E-state index < -0.39 is 0 Å². The Bertz CT molecular complexity index is 1270. The van der Waals surface area contributed by atoms with Gasteiger partial charge in [-0.15, -0.1) is 0 Å². The van der Waals surface area contributed by atoms with E-state index in [4.69, 9.17) is 18.9 Å². The Morgan fingerprint density at radius 1 is 0.763 bits per heavy atom. The van der Waals surface area contributed by atoms with Gasteiger partial charge >= 0.3 is 0 Å². The number of methoxy groups -OCH3 is 1. The highest BCUT2D eigenvalue weighted by molar-refractivity contribution is 5.82. The van der Waals surface area contributed by atoms with Gasteiger partial charge in [-0.1, -0.05) is 60.7 Å². The molecule has 0 aliphatic carbocycles. The first-order chi connectivity index (χ1) is 18.8. The van der Waals surface area contributed by atoms with Crippen LogP contribution in [0.5, 0.6) is 11.5 Å². The fourth-order valence-corrected chi connectivity index (χ4v) is 4.99. The SMILES string of the molecule is COc1ccc(COCCCOc2ccc(C3CCNCC3OCc3ccc4ccccc4c3)cc2)cc1. The highest BCUT2D eigenvalue weighted by Crippen LogP contribution is 2.30. The summed E-state index contributed by atoms with van der Waals surface area (Å²) in [5, 5.41) is 6.02. The summed E-state index contributed by atoms with van der Waals surface area (Å²) in [4.78, 5) is 0. The summed E-state index contributed by atoms with van der Waals surface area (Å²) in [7, 11) is 1.67. The summed E-state index contributed by atoms with van der Waals surface area (Å²) in [6, 6.07) is 31.5. The number of piperidine rings is 1. The predicted octanol–water partition coefficient (Wildman–Crippen LogP) is 6.50. The van der Waals surface area contributed by atoms with E-state index in [0.717, 1.165) is 43.0 Å². The van der Waals surface area contributed by atoms with Crippen LogP contribution >= 0.6 is 0 Å². The van der Waals surface area contributed by atoms with Gasteiger partial charge in [0.25, 0.3) is 0 Å². The summed E-state index contributed by atoms with van der Waals surface area (Å²) in [5.41, 5.74) is 3.66. The van der Waals surface area contributed by atoms with E-state index in [9.17, 15) is 0 Å². The molecule has 0 saturated carbocycles. The van der Waals surface area contributed by atoms with E-state index >= 15 is 0 Å². The minimum atomic E-state index is 0.143. The van der Waals surface area contributed by atoms with Crippen LogP contribution in [0.1, 0.15) is 35.4 Å². The van der Waals surface area contributed by atoms with Crippen LogP contribution in [0.25, 0.3) is 10.8 Å². The molecule has 0 radical (unpaired) electrons. The van der Waals surface area contributed by atoms with Gasteiger partial charge in [0, 0.05) is 18.9 Å². The van der Waals surface area contributed by atoms with E-state index in [0.29, 0.717) is 32.3 Å². The van der Waals surface area contributed by atoms with Gasteiger partial charge in [0.05, 0.1) is 39.6 Å². The second-order valence-corrected chi connectivity index (χ2v) is 9.80. The molecule has 1 aliphatic heterocycles. The molecule has 2 unspecified atom stereocenters. The summed E-state index contributed by atoms with van der Waals surface area (Å²) < 4.78 is 23.4. The normalized spacial score (nSPS) is 17.4. The summed E-state index contributed by atoms with van der Waals surface area (Å²) in [6.07, 6.45) is 2.05. The number of nitrogens with one attached hydrogen (secondary N) is 1. The summed E-state index contributed by atoms with van der Waals surface area (Å²) in [6.45, 7) is 4.39. The first-order valence-electron chi connectivity index (χ1n) is 13.5.